The van der Waals surface area contributed by atoms with E-state index in [9.17, 15) is 0 Å². The van der Waals surface area contributed by atoms with Crippen LogP contribution in [0.25, 0.3) is 0 Å². The number of nitrogens with one attached hydrogen (secondary N) is 2. The molecule has 0 saturated heterocycles. The van der Waals surface area contributed by atoms with E-state index in [1.165, 1.54) is 17.7 Å². The van der Waals surface area contributed by atoms with E-state index in [0.717, 1.165) is 37.1 Å². The highest BCUT2D eigenvalue weighted by molar-refractivity contribution is 7.09. The average Bonchev–Trinajstić information content (AvgIpc) is 3.21. The lowest BCUT2D eigenvalue weighted by molar-refractivity contribution is 0.425. The van der Waals surface area contributed by atoms with Gasteiger partial charge in [0.1, 0.15) is 5.82 Å². The Bertz CT molecular complexity index is 593. The third-order valence-electron chi connectivity index (χ3n) is 3.61. The van der Waals surface area contributed by atoms with Gasteiger partial charge in [-0.2, -0.15) is 4.98 Å². The fourth-order valence-electron chi connectivity index (χ4n) is 2.21. The summed E-state index contributed by atoms with van der Waals surface area (Å²) >= 11 is 1.76. The van der Waals surface area contributed by atoms with Crippen LogP contribution in [0.1, 0.15) is 29.3 Å². The first-order valence-electron chi connectivity index (χ1n) is 7.74. The van der Waals surface area contributed by atoms with Gasteiger partial charge in [0.05, 0.1) is 12.2 Å². The summed E-state index contributed by atoms with van der Waals surface area (Å²) in [7, 11) is 4.13. The Kier molecular flexibility index (Phi) is 4.90. The van der Waals surface area contributed by atoms with E-state index in [-0.39, 0.29) is 0 Å². The lowest BCUT2D eigenvalue weighted by atomic mass is 10.3. The van der Waals surface area contributed by atoms with Crippen molar-refractivity contribution in [3.05, 3.63) is 34.2 Å². The standard InChI is InChI=1S/C16H23N5S/c1-21(2)8-7-17-16-19-14(12-5-6-12)10-15(20-16)18-11-13-4-3-9-22-13/h3-4,9-10,12H,5-8,11H2,1-2H3,(H2,17,18,19,20). The smallest absolute Gasteiger partial charge is 0.224 e. The molecule has 118 valence electrons. The van der Waals surface area contributed by atoms with Crippen molar-refractivity contribution >= 4 is 23.1 Å². The second-order valence-corrected chi connectivity index (χ2v) is 6.97. The molecular weight excluding hydrogens is 294 g/mol. The number of nitrogens with zero attached hydrogens (tertiary/aromatic N) is 3. The van der Waals surface area contributed by atoms with Crippen LogP contribution in [0.3, 0.4) is 0 Å². The molecule has 2 N–H and O–H groups in total. The molecule has 0 radical (unpaired) electrons. The molecule has 6 heteroatoms. The van der Waals surface area contributed by atoms with Gasteiger partial charge in [-0.25, -0.2) is 4.98 Å². The first-order chi connectivity index (χ1) is 10.7. The van der Waals surface area contributed by atoms with Gasteiger partial charge in [0, 0.05) is 30.0 Å². The molecule has 0 unspecified atom stereocenters. The minimum absolute atomic E-state index is 0.625. The largest absolute Gasteiger partial charge is 0.365 e. The van der Waals surface area contributed by atoms with Crippen LogP contribution in [0.5, 0.6) is 0 Å². The third-order valence-corrected chi connectivity index (χ3v) is 4.48. The zero-order valence-electron chi connectivity index (χ0n) is 13.2. The number of thiophene rings is 1. The summed E-state index contributed by atoms with van der Waals surface area (Å²) in [5, 5.41) is 8.85. The molecule has 0 amide bonds. The van der Waals surface area contributed by atoms with E-state index in [4.69, 9.17) is 0 Å². The topological polar surface area (TPSA) is 53.1 Å². The summed E-state index contributed by atoms with van der Waals surface area (Å²) < 4.78 is 0. The van der Waals surface area contributed by atoms with Gasteiger partial charge in [0.25, 0.3) is 0 Å². The number of rotatable bonds is 8. The fourth-order valence-corrected chi connectivity index (χ4v) is 2.85. The minimum atomic E-state index is 0.625. The molecule has 22 heavy (non-hydrogen) atoms. The maximum atomic E-state index is 4.66. The molecule has 1 aliphatic carbocycles. The van der Waals surface area contributed by atoms with Crippen LogP contribution in [0.15, 0.2) is 23.6 Å². The Morgan fingerprint density at radius 3 is 2.82 bits per heavy atom. The van der Waals surface area contributed by atoms with Gasteiger partial charge >= 0.3 is 0 Å². The lowest BCUT2D eigenvalue weighted by Gasteiger charge is -2.13. The second kappa shape index (κ2) is 7.07. The highest BCUT2D eigenvalue weighted by atomic mass is 32.1. The molecule has 2 aromatic heterocycles. The molecule has 1 fully saturated rings. The molecule has 2 heterocycles. The summed E-state index contributed by atoms with van der Waals surface area (Å²) in [5.41, 5.74) is 1.16. The van der Waals surface area contributed by atoms with Crippen molar-refractivity contribution in [2.45, 2.75) is 25.3 Å². The van der Waals surface area contributed by atoms with Gasteiger partial charge < -0.3 is 15.5 Å². The Morgan fingerprint density at radius 2 is 2.14 bits per heavy atom. The van der Waals surface area contributed by atoms with Crippen LogP contribution in [0.2, 0.25) is 0 Å². The van der Waals surface area contributed by atoms with E-state index < -0.39 is 0 Å². The van der Waals surface area contributed by atoms with E-state index in [0.29, 0.717) is 5.92 Å². The molecule has 3 rings (SSSR count). The molecule has 0 bridgehead atoms. The highest BCUT2D eigenvalue weighted by Gasteiger charge is 2.26. The maximum absolute atomic E-state index is 4.66. The summed E-state index contributed by atoms with van der Waals surface area (Å²) in [6, 6.07) is 6.31. The molecule has 1 aliphatic rings. The zero-order valence-corrected chi connectivity index (χ0v) is 14.0. The number of likely N-dealkylation sites (N-methyl/N-ethyl adjacent to an activating group) is 1. The van der Waals surface area contributed by atoms with E-state index in [1.54, 1.807) is 11.3 Å². The van der Waals surface area contributed by atoms with E-state index >= 15 is 0 Å². The van der Waals surface area contributed by atoms with Crippen molar-refractivity contribution in [1.29, 1.82) is 0 Å². The molecule has 2 aromatic rings. The number of aromatic nitrogens is 2. The number of hydrogen-bond acceptors (Lipinski definition) is 6. The van der Waals surface area contributed by atoms with Crippen molar-refractivity contribution in [2.24, 2.45) is 0 Å². The van der Waals surface area contributed by atoms with Gasteiger partial charge in [-0.1, -0.05) is 6.07 Å². The van der Waals surface area contributed by atoms with Crippen LogP contribution >= 0.6 is 11.3 Å². The maximum Gasteiger partial charge on any atom is 0.224 e. The minimum Gasteiger partial charge on any atom is -0.365 e. The fraction of sp³-hybridized carbons (Fsp3) is 0.500. The Morgan fingerprint density at radius 1 is 1.27 bits per heavy atom. The normalized spacial score (nSPS) is 14.3. The molecular formula is C16H23N5S. The number of anilines is 2. The second-order valence-electron chi connectivity index (χ2n) is 5.94. The van der Waals surface area contributed by atoms with Gasteiger partial charge in [0.2, 0.25) is 5.95 Å². The van der Waals surface area contributed by atoms with Gasteiger partial charge in [-0.3, -0.25) is 0 Å². The Hall–Kier alpha value is -1.66. The highest BCUT2D eigenvalue weighted by Crippen LogP contribution is 2.39. The van der Waals surface area contributed by atoms with E-state index in [2.05, 4.69) is 63.2 Å². The van der Waals surface area contributed by atoms with Crippen molar-refractivity contribution in [3.63, 3.8) is 0 Å². The lowest BCUT2D eigenvalue weighted by Crippen LogP contribution is -2.21. The molecule has 0 atom stereocenters. The van der Waals surface area contributed by atoms with Crippen LogP contribution in [-0.4, -0.2) is 42.1 Å². The first kappa shape index (κ1) is 15.2. The van der Waals surface area contributed by atoms with E-state index in [1.807, 2.05) is 0 Å². The predicted octanol–water partition coefficient (Wildman–Crippen LogP) is 3.00. The summed E-state index contributed by atoms with van der Waals surface area (Å²) in [4.78, 5) is 12.7. The van der Waals surface area contributed by atoms with Crippen molar-refractivity contribution < 1.29 is 0 Å². The molecule has 0 aromatic carbocycles. The summed E-state index contributed by atoms with van der Waals surface area (Å²) in [5.74, 6) is 2.28. The number of hydrogen-bond donors (Lipinski definition) is 2. The quantitative estimate of drug-likeness (QED) is 0.784. The van der Waals surface area contributed by atoms with Crippen molar-refractivity contribution in [1.82, 2.24) is 14.9 Å². The van der Waals surface area contributed by atoms with Crippen LogP contribution < -0.4 is 10.6 Å². The summed E-state index contributed by atoms with van der Waals surface area (Å²) in [6.07, 6.45) is 2.50. The van der Waals surface area contributed by atoms with Crippen LogP contribution in [0, 0.1) is 0 Å². The average molecular weight is 317 g/mol. The molecule has 0 aliphatic heterocycles. The predicted molar refractivity (Wildman–Crippen MR) is 92.7 cm³/mol. The summed E-state index contributed by atoms with van der Waals surface area (Å²) in [6.45, 7) is 2.64. The van der Waals surface area contributed by atoms with Crippen molar-refractivity contribution in [2.75, 3.05) is 37.8 Å². The van der Waals surface area contributed by atoms with Crippen molar-refractivity contribution in [3.8, 4) is 0 Å². The first-order valence-corrected chi connectivity index (χ1v) is 8.62. The SMILES string of the molecule is CN(C)CCNc1nc(NCc2cccs2)cc(C2CC2)n1. The van der Waals surface area contributed by atoms with Crippen LogP contribution in [-0.2, 0) is 6.54 Å². The van der Waals surface area contributed by atoms with Gasteiger partial charge in [-0.15, -0.1) is 11.3 Å². The Balaban J connectivity index is 1.66. The van der Waals surface area contributed by atoms with Gasteiger partial charge in [0.15, 0.2) is 0 Å². The molecule has 0 spiro atoms. The molecule has 5 nitrogen and oxygen atoms in total. The molecule has 1 saturated carbocycles. The zero-order chi connectivity index (χ0) is 15.4. The van der Waals surface area contributed by atoms with Gasteiger partial charge in [-0.05, 0) is 38.4 Å². The van der Waals surface area contributed by atoms with Crippen LogP contribution in [0.4, 0.5) is 11.8 Å². The monoisotopic (exact) mass is 317 g/mol. The third kappa shape index (κ3) is 4.42. The Labute approximate surface area is 135 Å².